The Balaban J connectivity index is 1.34. The quantitative estimate of drug-likeness (QED) is 0.846. The number of amides is 1. The molecular weight excluding hydrogens is 331 g/mol. The summed E-state index contributed by atoms with van der Waals surface area (Å²) in [6, 6.07) is 9.75. The van der Waals surface area contributed by atoms with E-state index in [1.165, 1.54) is 0 Å². The highest BCUT2D eigenvalue weighted by molar-refractivity contribution is 5.76. The molecule has 1 amide bonds. The molecule has 2 aromatic rings. The highest BCUT2D eigenvalue weighted by atomic mass is 19.1. The average molecular weight is 356 g/mol. The van der Waals surface area contributed by atoms with Gasteiger partial charge in [0, 0.05) is 19.5 Å². The van der Waals surface area contributed by atoms with Crippen LogP contribution in [0.15, 0.2) is 30.3 Å². The van der Waals surface area contributed by atoms with Gasteiger partial charge in [-0.2, -0.15) is 0 Å². The van der Waals surface area contributed by atoms with E-state index in [1.807, 2.05) is 30.3 Å². The molecule has 1 aromatic carbocycles. The van der Waals surface area contributed by atoms with E-state index in [0.29, 0.717) is 32.4 Å². The molecule has 5 nitrogen and oxygen atoms in total. The van der Waals surface area contributed by atoms with Crippen molar-refractivity contribution in [1.29, 1.82) is 0 Å². The number of nitrogens with zero attached hydrogens (tertiary/aromatic N) is 4. The van der Waals surface area contributed by atoms with Crippen LogP contribution in [-0.2, 0) is 30.6 Å². The molecule has 1 aliphatic heterocycles. The number of benzene rings is 1. The molecule has 1 saturated heterocycles. The largest absolute Gasteiger partial charge is 0.341 e. The van der Waals surface area contributed by atoms with Crippen molar-refractivity contribution in [2.45, 2.75) is 57.2 Å². The monoisotopic (exact) mass is 356 g/mol. The van der Waals surface area contributed by atoms with Crippen molar-refractivity contribution in [2.75, 3.05) is 13.1 Å². The van der Waals surface area contributed by atoms with Gasteiger partial charge >= 0.3 is 0 Å². The Labute approximate surface area is 153 Å². The zero-order valence-corrected chi connectivity index (χ0v) is 15.0. The molecule has 6 heteroatoms. The molecule has 4 rings (SSSR count). The van der Waals surface area contributed by atoms with Gasteiger partial charge in [-0.15, -0.1) is 5.10 Å². The maximum atomic E-state index is 15.1. The fourth-order valence-electron chi connectivity index (χ4n) is 4.07. The molecule has 0 radical (unpaired) electrons. The predicted molar refractivity (Wildman–Crippen MR) is 96.5 cm³/mol. The topological polar surface area (TPSA) is 51.0 Å². The molecule has 0 unspecified atom stereocenters. The third-order valence-electron chi connectivity index (χ3n) is 5.66. The zero-order valence-electron chi connectivity index (χ0n) is 15.0. The Kier molecular flexibility index (Phi) is 4.74. The van der Waals surface area contributed by atoms with E-state index in [4.69, 9.17) is 0 Å². The van der Waals surface area contributed by atoms with Crippen molar-refractivity contribution in [3.8, 4) is 0 Å². The van der Waals surface area contributed by atoms with Gasteiger partial charge in [-0.05, 0) is 44.1 Å². The van der Waals surface area contributed by atoms with Gasteiger partial charge in [-0.3, -0.25) is 4.79 Å². The molecule has 0 atom stereocenters. The van der Waals surface area contributed by atoms with Crippen molar-refractivity contribution >= 4 is 5.91 Å². The first kappa shape index (κ1) is 17.2. The maximum Gasteiger partial charge on any atom is 0.244 e. The van der Waals surface area contributed by atoms with Crippen molar-refractivity contribution in [2.24, 2.45) is 0 Å². The molecular formula is C20H25FN4O. The Morgan fingerprint density at radius 1 is 1.12 bits per heavy atom. The summed E-state index contributed by atoms with van der Waals surface area (Å²) in [5.41, 5.74) is 1.94. The molecule has 2 aliphatic rings. The molecule has 2 heterocycles. The van der Waals surface area contributed by atoms with Crippen LogP contribution in [0.5, 0.6) is 0 Å². The van der Waals surface area contributed by atoms with Crippen molar-refractivity contribution < 1.29 is 9.18 Å². The minimum Gasteiger partial charge on any atom is -0.341 e. The van der Waals surface area contributed by atoms with Crippen LogP contribution in [-0.4, -0.2) is 44.6 Å². The number of alkyl halides is 1. The standard InChI is InChI=1S/C20H25FN4O/c21-20(14-16-6-2-1-3-7-16)10-12-24(13-11-20)19(26)15-25-18-9-5-4-8-17(18)22-23-25/h1-3,6-7H,4-5,8-15H2. The number of carbonyl (C=O) groups is 1. The molecule has 0 saturated carbocycles. The van der Waals surface area contributed by atoms with Crippen LogP contribution in [0.3, 0.4) is 0 Å². The van der Waals surface area contributed by atoms with Crippen LogP contribution in [0.1, 0.15) is 42.6 Å². The molecule has 1 aromatic heterocycles. The second kappa shape index (κ2) is 7.17. The number of aromatic nitrogens is 3. The molecule has 1 aliphatic carbocycles. The van der Waals surface area contributed by atoms with E-state index >= 15 is 4.39 Å². The second-order valence-electron chi connectivity index (χ2n) is 7.54. The Bertz CT molecular complexity index is 765. The lowest BCUT2D eigenvalue weighted by Crippen LogP contribution is -2.46. The van der Waals surface area contributed by atoms with E-state index in [1.54, 1.807) is 9.58 Å². The smallest absolute Gasteiger partial charge is 0.244 e. The van der Waals surface area contributed by atoms with Crippen molar-refractivity contribution in [3.63, 3.8) is 0 Å². The van der Waals surface area contributed by atoms with Crippen LogP contribution in [0.25, 0.3) is 0 Å². The SMILES string of the molecule is O=C(Cn1nnc2c1CCCC2)N1CCC(F)(Cc2ccccc2)CC1. The lowest BCUT2D eigenvalue weighted by Gasteiger charge is -2.36. The number of aryl methyl sites for hydroxylation is 1. The van der Waals surface area contributed by atoms with Gasteiger partial charge in [-0.1, -0.05) is 35.5 Å². The van der Waals surface area contributed by atoms with Gasteiger partial charge in [0.1, 0.15) is 12.2 Å². The first-order valence-corrected chi connectivity index (χ1v) is 9.55. The Hall–Kier alpha value is -2.24. The Morgan fingerprint density at radius 3 is 2.62 bits per heavy atom. The summed E-state index contributed by atoms with van der Waals surface area (Å²) < 4.78 is 16.9. The number of hydrogen-bond acceptors (Lipinski definition) is 3. The fourth-order valence-corrected chi connectivity index (χ4v) is 4.07. The summed E-state index contributed by atoms with van der Waals surface area (Å²) in [7, 11) is 0. The lowest BCUT2D eigenvalue weighted by molar-refractivity contribution is -0.134. The van der Waals surface area contributed by atoms with E-state index < -0.39 is 5.67 Å². The summed E-state index contributed by atoms with van der Waals surface area (Å²) >= 11 is 0. The van der Waals surface area contributed by atoms with E-state index in [-0.39, 0.29) is 12.5 Å². The fraction of sp³-hybridized carbons (Fsp3) is 0.550. The number of likely N-dealkylation sites (tertiary alicyclic amines) is 1. The first-order valence-electron chi connectivity index (χ1n) is 9.55. The molecule has 26 heavy (non-hydrogen) atoms. The molecule has 1 fully saturated rings. The molecule has 0 spiro atoms. The second-order valence-corrected chi connectivity index (χ2v) is 7.54. The summed E-state index contributed by atoms with van der Waals surface area (Å²) in [5.74, 6) is 0.0186. The molecule has 0 bridgehead atoms. The van der Waals surface area contributed by atoms with Gasteiger partial charge in [0.05, 0.1) is 11.4 Å². The van der Waals surface area contributed by atoms with E-state index in [2.05, 4.69) is 10.3 Å². The van der Waals surface area contributed by atoms with Gasteiger partial charge in [0.15, 0.2) is 0 Å². The minimum absolute atomic E-state index is 0.0186. The van der Waals surface area contributed by atoms with Gasteiger partial charge in [-0.25, -0.2) is 9.07 Å². The number of carbonyl (C=O) groups excluding carboxylic acids is 1. The van der Waals surface area contributed by atoms with Crippen molar-refractivity contribution in [1.82, 2.24) is 19.9 Å². The van der Waals surface area contributed by atoms with Crippen LogP contribution >= 0.6 is 0 Å². The number of halogens is 1. The van der Waals surface area contributed by atoms with Crippen LogP contribution in [0, 0.1) is 0 Å². The van der Waals surface area contributed by atoms with Crippen molar-refractivity contribution in [3.05, 3.63) is 47.3 Å². The normalized spacial score (nSPS) is 19.2. The highest BCUT2D eigenvalue weighted by Gasteiger charge is 2.36. The predicted octanol–water partition coefficient (Wildman–Crippen LogP) is 2.73. The van der Waals surface area contributed by atoms with Gasteiger partial charge in [0.2, 0.25) is 5.91 Å². The van der Waals surface area contributed by atoms with Crippen LogP contribution < -0.4 is 0 Å². The minimum atomic E-state index is -1.22. The summed E-state index contributed by atoms with van der Waals surface area (Å²) in [4.78, 5) is 14.4. The third-order valence-corrected chi connectivity index (χ3v) is 5.66. The lowest BCUT2D eigenvalue weighted by atomic mass is 9.87. The summed E-state index contributed by atoms with van der Waals surface area (Å²) in [6.07, 6.45) is 5.38. The van der Waals surface area contributed by atoms with Gasteiger partial charge in [0.25, 0.3) is 0 Å². The van der Waals surface area contributed by atoms with E-state index in [0.717, 1.165) is 42.6 Å². The number of fused-ring (bicyclic) bond motifs is 1. The van der Waals surface area contributed by atoms with E-state index in [9.17, 15) is 4.79 Å². The van der Waals surface area contributed by atoms with Crippen LogP contribution in [0.4, 0.5) is 4.39 Å². The Morgan fingerprint density at radius 2 is 1.85 bits per heavy atom. The summed E-state index contributed by atoms with van der Waals surface area (Å²) in [6.45, 7) is 1.17. The van der Waals surface area contributed by atoms with Gasteiger partial charge < -0.3 is 4.90 Å². The number of rotatable bonds is 4. The maximum absolute atomic E-state index is 15.1. The highest BCUT2D eigenvalue weighted by Crippen LogP contribution is 2.30. The zero-order chi connectivity index (χ0) is 18.0. The first-order chi connectivity index (χ1) is 12.6. The molecule has 0 N–H and O–H groups in total. The molecule has 138 valence electrons. The van der Waals surface area contributed by atoms with Crippen LogP contribution in [0.2, 0.25) is 0 Å². The third kappa shape index (κ3) is 3.64. The number of piperidine rings is 1. The average Bonchev–Trinajstić information content (AvgIpc) is 3.06. The number of hydrogen-bond donors (Lipinski definition) is 0. The summed E-state index contributed by atoms with van der Waals surface area (Å²) in [5, 5.41) is 8.37.